The number of nitrogens with zero attached hydrogens (tertiary/aromatic N) is 2. The molecule has 0 fully saturated rings. The molecular weight excluding hydrogens is 488 g/mol. The zero-order valence-electron chi connectivity index (χ0n) is 17.5. The Hall–Kier alpha value is -2.23. The van der Waals surface area contributed by atoms with Gasteiger partial charge in [-0.3, -0.25) is 0 Å². The Morgan fingerprint density at radius 2 is 1.66 bits per heavy atom. The number of rotatable bonds is 8. The zero-order valence-corrected chi connectivity index (χ0v) is 19.8. The van der Waals surface area contributed by atoms with Gasteiger partial charge in [0.15, 0.2) is 17.5 Å². The van der Waals surface area contributed by atoms with Crippen molar-refractivity contribution in [2.24, 2.45) is 4.99 Å². The SMILES string of the molecule is CCNC(=NCc1ccc(OC)c(OC)c1OC)N(C)Cc1ccc(F)cc1.I. The van der Waals surface area contributed by atoms with Gasteiger partial charge in [0.2, 0.25) is 5.75 Å². The first kappa shape index (κ1) is 24.8. The molecule has 0 bridgehead atoms. The Kier molecular flexibility index (Phi) is 10.6. The van der Waals surface area contributed by atoms with E-state index < -0.39 is 0 Å². The number of benzene rings is 2. The van der Waals surface area contributed by atoms with E-state index in [1.54, 1.807) is 33.5 Å². The van der Waals surface area contributed by atoms with E-state index in [0.717, 1.165) is 23.6 Å². The van der Waals surface area contributed by atoms with Crippen molar-refractivity contribution < 1.29 is 18.6 Å². The van der Waals surface area contributed by atoms with Crippen molar-refractivity contribution in [1.82, 2.24) is 10.2 Å². The number of aliphatic imine (C=N–C) groups is 1. The van der Waals surface area contributed by atoms with E-state index >= 15 is 0 Å². The summed E-state index contributed by atoms with van der Waals surface area (Å²) in [5.74, 6) is 2.24. The molecule has 0 aliphatic heterocycles. The van der Waals surface area contributed by atoms with Gasteiger partial charge in [-0.1, -0.05) is 12.1 Å². The van der Waals surface area contributed by atoms with Gasteiger partial charge in [0, 0.05) is 25.7 Å². The number of halogens is 2. The Morgan fingerprint density at radius 3 is 2.21 bits per heavy atom. The second-order valence-electron chi connectivity index (χ2n) is 6.15. The standard InChI is InChI=1S/C21H28FN3O3.HI/c1-6-23-21(25(2)14-15-7-10-17(22)11-8-15)24-13-16-9-12-18(26-3)20(28-5)19(16)27-4;/h7-12H,6,13-14H2,1-5H3,(H,23,24);1H. The average molecular weight is 517 g/mol. The van der Waals surface area contributed by atoms with E-state index in [0.29, 0.717) is 30.3 Å². The Labute approximate surface area is 189 Å². The van der Waals surface area contributed by atoms with Crippen molar-refractivity contribution in [3.63, 3.8) is 0 Å². The fourth-order valence-electron chi connectivity index (χ4n) is 2.86. The van der Waals surface area contributed by atoms with Crippen LogP contribution < -0.4 is 19.5 Å². The first-order chi connectivity index (χ1) is 13.5. The van der Waals surface area contributed by atoms with E-state index in [1.807, 2.05) is 31.0 Å². The van der Waals surface area contributed by atoms with Crippen molar-refractivity contribution in [2.75, 3.05) is 34.9 Å². The molecule has 0 aliphatic carbocycles. The lowest BCUT2D eigenvalue weighted by atomic mass is 10.1. The molecule has 0 saturated carbocycles. The average Bonchev–Trinajstić information content (AvgIpc) is 2.71. The van der Waals surface area contributed by atoms with Crippen molar-refractivity contribution in [2.45, 2.75) is 20.0 Å². The van der Waals surface area contributed by atoms with Crippen LogP contribution in [-0.4, -0.2) is 45.8 Å². The minimum atomic E-state index is -0.243. The second-order valence-corrected chi connectivity index (χ2v) is 6.15. The van der Waals surface area contributed by atoms with Crippen LogP contribution >= 0.6 is 24.0 Å². The van der Waals surface area contributed by atoms with E-state index in [1.165, 1.54) is 12.1 Å². The molecule has 0 unspecified atom stereocenters. The highest BCUT2D eigenvalue weighted by Crippen LogP contribution is 2.39. The molecule has 6 nitrogen and oxygen atoms in total. The summed E-state index contributed by atoms with van der Waals surface area (Å²) in [5.41, 5.74) is 1.88. The highest BCUT2D eigenvalue weighted by molar-refractivity contribution is 14.0. The first-order valence-electron chi connectivity index (χ1n) is 9.05. The topological polar surface area (TPSA) is 55.3 Å². The maximum Gasteiger partial charge on any atom is 0.203 e. The molecule has 0 aromatic heterocycles. The molecule has 0 radical (unpaired) electrons. The molecular formula is C21H29FIN3O3. The fraction of sp³-hybridized carbons (Fsp3) is 0.381. The molecule has 160 valence electrons. The number of guanidine groups is 1. The molecule has 8 heteroatoms. The van der Waals surface area contributed by atoms with Gasteiger partial charge in [-0.15, -0.1) is 24.0 Å². The van der Waals surface area contributed by atoms with Gasteiger partial charge in [-0.25, -0.2) is 9.38 Å². The predicted molar refractivity (Wildman–Crippen MR) is 124 cm³/mol. The lowest BCUT2D eigenvalue weighted by Gasteiger charge is -2.22. The highest BCUT2D eigenvalue weighted by Gasteiger charge is 2.16. The van der Waals surface area contributed by atoms with Crippen LogP contribution in [0.25, 0.3) is 0 Å². The van der Waals surface area contributed by atoms with Crippen LogP contribution in [0.15, 0.2) is 41.4 Å². The van der Waals surface area contributed by atoms with Gasteiger partial charge >= 0.3 is 0 Å². The fourth-order valence-corrected chi connectivity index (χ4v) is 2.86. The van der Waals surface area contributed by atoms with Gasteiger partial charge in [0.05, 0.1) is 27.9 Å². The molecule has 1 N–H and O–H groups in total. The maximum absolute atomic E-state index is 13.1. The second kappa shape index (κ2) is 12.4. The van der Waals surface area contributed by atoms with Gasteiger partial charge in [-0.05, 0) is 36.8 Å². The molecule has 0 aliphatic rings. The third-order valence-corrected chi connectivity index (χ3v) is 4.21. The van der Waals surface area contributed by atoms with Gasteiger partial charge in [-0.2, -0.15) is 0 Å². The van der Waals surface area contributed by atoms with Crippen LogP contribution in [0.4, 0.5) is 4.39 Å². The van der Waals surface area contributed by atoms with Crippen molar-refractivity contribution >= 4 is 29.9 Å². The molecule has 0 amide bonds. The lowest BCUT2D eigenvalue weighted by Crippen LogP contribution is -2.38. The van der Waals surface area contributed by atoms with Crippen molar-refractivity contribution in [1.29, 1.82) is 0 Å². The molecule has 0 heterocycles. The summed E-state index contributed by atoms with van der Waals surface area (Å²) in [6.45, 7) is 3.75. The van der Waals surface area contributed by atoms with Crippen LogP contribution in [0, 0.1) is 5.82 Å². The van der Waals surface area contributed by atoms with Crippen LogP contribution in [0.1, 0.15) is 18.1 Å². The molecule has 2 aromatic carbocycles. The third-order valence-electron chi connectivity index (χ3n) is 4.21. The third kappa shape index (κ3) is 6.66. The van der Waals surface area contributed by atoms with E-state index in [-0.39, 0.29) is 29.8 Å². The summed E-state index contributed by atoms with van der Waals surface area (Å²) >= 11 is 0. The van der Waals surface area contributed by atoms with E-state index in [4.69, 9.17) is 19.2 Å². The summed E-state index contributed by atoms with van der Waals surface area (Å²) in [6.07, 6.45) is 0. The van der Waals surface area contributed by atoms with Gasteiger partial charge in [0.1, 0.15) is 5.82 Å². The summed E-state index contributed by atoms with van der Waals surface area (Å²) in [7, 11) is 6.70. The predicted octanol–water partition coefficient (Wildman–Crippen LogP) is 4.07. The Balaban J connectivity index is 0.00000420. The summed E-state index contributed by atoms with van der Waals surface area (Å²) < 4.78 is 29.4. The number of hydrogen-bond acceptors (Lipinski definition) is 4. The van der Waals surface area contributed by atoms with Crippen LogP contribution in [-0.2, 0) is 13.1 Å². The Bertz CT molecular complexity index is 801. The van der Waals surface area contributed by atoms with Crippen LogP contribution in [0.3, 0.4) is 0 Å². The summed E-state index contributed by atoms with van der Waals surface area (Å²) in [4.78, 5) is 6.71. The monoisotopic (exact) mass is 517 g/mol. The number of hydrogen-bond donors (Lipinski definition) is 1. The minimum absolute atomic E-state index is 0. The quantitative estimate of drug-likeness (QED) is 0.325. The number of methoxy groups -OCH3 is 3. The minimum Gasteiger partial charge on any atom is -0.493 e. The van der Waals surface area contributed by atoms with Gasteiger partial charge in [0.25, 0.3) is 0 Å². The highest BCUT2D eigenvalue weighted by atomic mass is 127. The van der Waals surface area contributed by atoms with Crippen LogP contribution in [0.2, 0.25) is 0 Å². The molecule has 0 atom stereocenters. The molecule has 29 heavy (non-hydrogen) atoms. The maximum atomic E-state index is 13.1. The van der Waals surface area contributed by atoms with Crippen molar-refractivity contribution in [3.8, 4) is 17.2 Å². The normalized spacial score (nSPS) is 10.8. The molecule has 2 rings (SSSR count). The van der Waals surface area contributed by atoms with Crippen molar-refractivity contribution in [3.05, 3.63) is 53.3 Å². The summed E-state index contributed by atoms with van der Waals surface area (Å²) in [5, 5.41) is 3.28. The molecule has 0 saturated heterocycles. The Morgan fingerprint density at radius 1 is 1.00 bits per heavy atom. The smallest absolute Gasteiger partial charge is 0.203 e. The largest absolute Gasteiger partial charge is 0.493 e. The van der Waals surface area contributed by atoms with E-state index in [2.05, 4.69) is 5.32 Å². The van der Waals surface area contributed by atoms with E-state index in [9.17, 15) is 4.39 Å². The van der Waals surface area contributed by atoms with Gasteiger partial charge < -0.3 is 24.4 Å². The zero-order chi connectivity index (χ0) is 20.5. The number of nitrogens with one attached hydrogen (secondary N) is 1. The molecule has 2 aromatic rings. The first-order valence-corrected chi connectivity index (χ1v) is 9.05. The van der Waals surface area contributed by atoms with Crippen LogP contribution in [0.5, 0.6) is 17.2 Å². The lowest BCUT2D eigenvalue weighted by molar-refractivity contribution is 0.322. The molecule has 0 spiro atoms. The summed E-state index contributed by atoms with van der Waals surface area (Å²) in [6, 6.07) is 10.2. The number of ether oxygens (including phenoxy) is 3.